The highest BCUT2D eigenvalue weighted by Crippen LogP contribution is 2.21. The van der Waals surface area contributed by atoms with E-state index in [1.54, 1.807) is 0 Å². The average molecular weight is 190 g/mol. The smallest absolute Gasteiger partial charge is 0.141 e. The van der Waals surface area contributed by atoms with E-state index in [1.165, 1.54) is 11.3 Å². The van der Waals surface area contributed by atoms with Crippen LogP contribution in [-0.2, 0) is 16.3 Å². The third-order valence-electron chi connectivity index (χ3n) is 1.36. The first kappa shape index (κ1) is 8.70. The van der Waals surface area contributed by atoms with Gasteiger partial charge in [-0.05, 0) is 23.4 Å². The van der Waals surface area contributed by atoms with E-state index in [4.69, 9.17) is 9.92 Å². The third-order valence-corrected chi connectivity index (χ3v) is 3.96. The van der Waals surface area contributed by atoms with E-state index in [9.17, 15) is 4.21 Å². The maximum absolute atomic E-state index is 11.1. The van der Waals surface area contributed by atoms with Crippen molar-refractivity contribution in [3.63, 3.8) is 0 Å². The van der Waals surface area contributed by atoms with E-state index in [-0.39, 0.29) is 0 Å². The van der Waals surface area contributed by atoms with Gasteiger partial charge in [0.15, 0.2) is 0 Å². The summed E-state index contributed by atoms with van der Waals surface area (Å²) in [7, 11) is -2.98. The average Bonchev–Trinajstić information content (AvgIpc) is 2.31. The van der Waals surface area contributed by atoms with E-state index >= 15 is 0 Å². The summed E-state index contributed by atoms with van der Waals surface area (Å²) in [6.45, 7) is 1.96. The fraction of sp³-hybridized carbons (Fsp3) is 0.333. The molecule has 0 aliphatic heterocycles. The van der Waals surface area contributed by atoms with Crippen molar-refractivity contribution in [2.75, 3.05) is 0 Å². The van der Waals surface area contributed by atoms with Gasteiger partial charge in [0.1, 0.15) is 14.1 Å². The summed E-state index contributed by atoms with van der Waals surface area (Å²) in [6, 6.07) is 1.86. The zero-order valence-electron chi connectivity index (χ0n) is 6.16. The highest BCUT2D eigenvalue weighted by Gasteiger charge is 2.09. The second-order valence-corrected chi connectivity index (χ2v) is 4.97. The fourth-order valence-electron chi connectivity index (χ4n) is 0.850. The van der Waals surface area contributed by atoms with Crippen LogP contribution in [0.3, 0.4) is 0 Å². The topological polar surface area (TPSA) is 66.9 Å². The minimum absolute atomic E-state index is 0.514. The van der Waals surface area contributed by atoms with Gasteiger partial charge in [-0.2, -0.15) is 0 Å². The van der Waals surface area contributed by atoms with Gasteiger partial charge in [-0.1, -0.05) is 6.92 Å². The second kappa shape index (κ2) is 2.92. The van der Waals surface area contributed by atoms with Crippen LogP contribution in [0.1, 0.15) is 12.5 Å². The Morgan fingerprint density at radius 2 is 2.45 bits per heavy atom. The van der Waals surface area contributed by atoms with E-state index in [0.29, 0.717) is 4.21 Å². The molecule has 1 heterocycles. The summed E-state index contributed by atoms with van der Waals surface area (Å²) < 4.78 is 18.7. The lowest BCUT2D eigenvalue weighted by Crippen LogP contribution is -2.10. The molecule has 0 aromatic carbocycles. The molecule has 62 valence electrons. The van der Waals surface area contributed by atoms with Crippen LogP contribution in [-0.4, -0.2) is 4.21 Å². The van der Waals surface area contributed by atoms with E-state index in [0.717, 1.165) is 12.0 Å². The lowest BCUT2D eigenvalue weighted by Gasteiger charge is -1.98. The maximum atomic E-state index is 11.1. The summed E-state index contributed by atoms with van der Waals surface area (Å²) in [5.41, 5.74) is 0.928. The number of nitrogens with one attached hydrogen (secondary N) is 1. The van der Waals surface area contributed by atoms with Crippen LogP contribution >= 0.6 is 11.3 Å². The molecule has 0 aliphatic rings. The molecule has 1 aromatic heterocycles. The molecule has 0 fully saturated rings. The Balaban J connectivity index is 3.24. The van der Waals surface area contributed by atoms with Crippen molar-refractivity contribution >= 4 is 21.3 Å². The largest absolute Gasteiger partial charge is 0.241 e. The van der Waals surface area contributed by atoms with Gasteiger partial charge in [0.25, 0.3) is 0 Å². The van der Waals surface area contributed by atoms with E-state index < -0.39 is 9.92 Å². The molecule has 3 nitrogen and oxygen atoms in total. The monoisotopic (exact) mass is 190 g/mol. The first-order valence-corrected chi connectivity index (χ1v) is 5.68. The predicted molar refractivity (Wildman–Crippen MR) is 47.0 cm³/mol. The molecular weight excluding hydrogens is 180 g/mol. The number of hydrogen-bond acceptors (Lipinski definition) is 3. The van der Waals surface area contributed by atoms with Crippen molar-refractivity contribution in [2.45, 2.75) is 17.6 Å². The Kier molecular flexibility index (Phi) is 2.31. The molecular formula is C6H10N2OS2. The van der Waals surface area contributed by atoms with Crippen LogP contribution in [0, 0.1) is 4.78 Å². The second-order valence-electron chi connectivity index (χ2n) is 2.19. The first-order chi connectivity index (χ1) is 5.05. The molecule has 1 aromatic rings. The van der Waals surface area contributed by atoms with Crippen molar-refractivity contribution in [1.29, 1.82) is 4.78 Å². The van der Waals surface area contributed by atoms with Gasteiger partial charge in [0.2, 0.25) is 0 Å². The van der Waals surface area contributed by atoms with Crippen molar-refractivity contribution < 1.29 is 4.21 Å². The number of nitrogens with two attached hydrogens (primary N) is 1. The standard InChI is InChI=1S/C6H10N2OS2/c1-2-5-3-4-10-6(5)11(7,8)9/h3-4H,2H2,1H3,(H3,7,8,9). The minimum Gasteiger partial charge on any atom is -0.241 e. The van der Waals surface area contributed by atoms with Crippen LogP contribution in [0.4, 0.5) is 0 Å². The van der Waals surface area contributed by atoms with E-state index in [1.807, 2.05) is 18.4 Å². The van der Waals surface area contributed by atoms with Gasteiger partial charge in [0.05, 0.1) is 0 Å². The molecule has 0 aliphatic carbocycles. The van der Waals surface area contributed by atoms with Crippen molar-refractivity contribution in [3.8, 4) is 0 Å². The highest BCUT2D eigenvalue weighted by molar-refractivity contribution is 7.92. The first-order valence-electron chi connectivity index (χ1n) is 3.18. The molecule has 0 radical (unpaired) electrons. The molecule has 0 amide bonds. The van der Waals surface area contributed by atoms with Crippen LogP contribution < -0.4 is 5.14 Å². The lowest BCUT2D eigenvalue weighted by molar-refractivity contribution is 0.677. The molecule has 1 atom stereocenters. The summed E-state index contributed by atoms with van der Waals surface area (Å²) in [5.74, 6) is 0. The zero-order chi connectivity index (χ0) is 8.48. The summed E-state index contributed by atoms with van der Waals surface area (Å²) >= 11 is 1.29. The van der Waals surface area contributed by atoms with Gasteiger partial charge in [-0.3, -0.25) is 0 Å². The molecule has 1 rings (SSSR count). The summed E-state index contributed by atoms with van der Waals surface area (Å²) in [6.07, 6.45) is 0.784. The molecule has 3 N–H and O–H groups in total. The Labute approximate surface area is 70.3 Å². The summed E-state index contributed by atoms with van der Waals surface area (Å²) in [4.78, 5) is 0. The van der Waals surface area contributed by atoms with Gasteiger partial charge in [-0.25, -0.2) is 14.1 Å². The molecule has 0 bridgehead atoms. The SMILES string of the molecule is CCc1ccsc1S(=N)(N)=O. The van der Waals surface area contributed by atoms with Gasteiger partial charge in [0, 0.05) is 0 Å². The van der Waals surface area contributed by atoms with Crippen molar-refractivity contribution in [2.24, 2.45) is 5.14 Å². The quantitative estimate of drug-likeness (QED) is 0.730. The maximum Gasteiger partial charge on any atom is 0.141 e. The number of rotatable bonds is 2. The van der Waals surface area contributed by atoms with Gasteiger partial charge < -0.3 is 0 Å². The number of aryl methyl sites for hydroxylation is 1. The molecule has 11 heavy (non-hydrogen) atoms. The molecule has 1 unspecified atom stereocenters. The summed E-state index contributed by atoms with van der Waals surface area (Å²) in [5, 5.41) is 7.00. The zero-order valence-corrected chi connectivity index (χ0v) is 7.80. The molecule has 0 spiro atoms. The fourth-order valence-corrected chi connectivity index (χ4v) is 2.91. The normalized spacial score (nSPS) is 16.2. The Morgan fingerprint density at radius 3 is 2.82 bits per heavy atom. The van der Waals surface area contributed by atoms with Crippen LogP contribution in [0.25, 0.3) is 0 Å². The van der Waals surface area contributed by atoms with Gasteiger partial charge >= 0.3 is 0 Å². The number of thiophene rings is 1. The van der Waals surface area contributed by atoms with Crippen LogP contribution in [0.5, 0.6) is 0 Å². The highest BCUT2D eigenvalue weighted by atomic mass is 32.2. The van der Waals surface area contributed by atoms with Crippen LogP contribution in [0.15, 0.2) is 15.7 Å². The minimum atomic E-state index is -2.98. The Bertz CT molecular complexity index is 339. The molecule has 0 saturated carbocycles. The molecule has 0 saturated heterocycles. The third kappa shape index (κ3) is 1.79. The predicted octanol–water partition coefficient (Wildman–Crippen LogP) is 1.59. The molecule has 5 heteroatoms. The number of hydrogen-bond donors (Lipinski definition) is 2. The van der Waals surface area contributed by atoms with Crippen molar-refractivity contribution in [3.05, 3.63) is 17.0 Å². The Hall–Kier alpha value is -0.390. The van der Waals surface area contributed by atoms with Crippen LogP contribution in [0.2, 0.25) is 0 Å². The lowest BCUT2D eigenvalue weighted by atomic mass is 10.3. The van der Waals surface area contributed by atoms with Gasteiger partial charge in [-0.15, -0.1) is 11.3 Å². The van der Waals surface area contributed by atoms with E-state index in [2.05, 4.69) is 0 Å². The van der Waals surface area contributed by atoms with Crippen molar-refractivity contribution in [1.82, 2.24) is 0 Å². The Morgan fingerprint density at radius 1 is 1.82 bits per heavy atom.